The molecule has 2 rings (SSSR count). The van der Waals surface area contributed by atoms with Gasteiger partial charge < -0.3 is 0 Å². The van der Waals surface area contributed by atoms with Gasteiger partial charge in [0.1, 0.15) is 5.82 Å². The van der Waals surface area contributed by atoms with Crippen LogP contribution in [0.3, 0.4) is 0 Å². The largest absolute Gasteiger partial charge is 0.294 e. The van der Waals surface area contributed by atoms with Gasteiger partial charge in [0.15, 0.2) is 5.78 Å². The van der Waals surface area contributed by atoms with E-state index in [0.29, 0.717) is 15.6 Å². The maximum Gasteiger partial charge on any atom is 0.168 e. The molecule has 0 unspecified atom stereocenters. The summed E-state index contributed by atoms with van der Waals surface area (Å²) in [6, 6.07) is 8.99. The molecule has 0 heterocycles. The summed E-state index contributed by atoms with van der Waals surface area (Å²) in [5, 5.41) is 0.718. The molecule has 0 fully saturated rings. The van der Waals surface area contributed by atoms with Gasteiger partial charge in [0.2, 0.25) is 0 Å². The van der Waals surface area contributed by atoms with Crippen LogP contribution in [0.1, 0.15) is 15.9 Å². The first-order chi connectivity index (χ1) is 8.99. The summed E-state index contributed by atoms with van der Waals surface area (Å²) in [6.45, 7) is 0. The number of Topliss-reactive ketones (excluding diaryl/α,β-unsaturated/α-hetero) is 1. The Labute approximate surface area is 124 Å². The molecule has 0 atom stereocenters. The standard InChI is InChI=1S/C14H8Cl3FO/c15-9-5-4-8(11(16)7-9)6-13(19)10-2-1-3-12(18)14(10)17/h1-5,7H,6H2. The third kappa shape index (κ3) is 3.27. The van der Waals surface area contributed by atoms with Crippen molar-refractivity contribution in [3.05, 3.63) is 68.4 Å². The lowest BCUT2D eigenvalue weighted by molar-refractivity contribution is 0.0992. The van der Waals surface area contributed by atoms with Crippen molar-refractivity contribution in [2.45, 2.75) is 6.42 Å². The van der Waals surface area contributed by atoms with Crippen LogP contribution in [-0.4, -0.2) is 5.78 Å². The van der Waals surface area contributed by atoms with E-state index in [1.807, 2.05) is 0 Å². The Hall–Kier alpha value is -1.09. The second-order valence-electron chi connectivity index (χ2n) is 3.94. The number of halogens is 4. The molecule has 0 N–H and O–H groups in total. The Kier molecular flexibility index (Phi) is 4.46. The molecule has 2 aromatic rings. The van der Waals surface area contributed by atoms with E-state index in [-0.39, 0.29) is 22.8 Å². The number of hydrogen-bond donors (Lipinski definition) is 0. The molecule has 19 heavy (non-hydrogen) atoms. The molecule has 0 spiro atoms. The van der Waals surface area contributed by atoms with E-state index in [4.69, 9.17) is 34.8 Å². The minimum Gasteiger partial charge on any atom is -0.294 e. The van der Waals surface area contributed by atoms with Gasteiger partial charge in [-0.15, -0.1) is 0 Å². The smallest absolute Gasteiger partial charge is 0.168 e. The summed E-state index contributed by atoms with van der Waals surface area (Å²) in [6.07, 6.45) is 0.0408. The van der Waals surface area contributed by atoms with Gasteiger partial charge in [-0.25, -0.2) is 4.39 Å². The summed E-state index contributed by atoms with van der Waals surface area (Å²) in [4.78, 5) is 12.1. The average molecular weight is 318 g/mol. The topological polar surface area (TPSA) is 17.1 Å². The molecule has 0 bridgehead atoms. The SMILES string of the molecule is O=C(Cc1ccc(Cl)cc1Cl)c1cccc(F)c1Cl. The number of rotatable bonds is 3. The van der Waals surface area contributed by atoms with E-state index in [0.717, 1.165) is 0 Å². The van der Waals surface area contributed by atoms with Crippen molar-refractivity contribution < 1.29 is 9.18 Å². The van der Waals surface area contributed by atoms with Crippen LogP contribution in [-0.2, 0) is 6.42 Å². The van der Waals surface area contributed by atoms with Crippen LogP contribution in [0, 0.1) is 5.82 Å². The number of carbonyl (C=O) groups is 1. The van der Waals surface area contributed by atoms with Crippen LogP contribution in [0.25, 0.3) is 0 Å². The lowest BCUT2D eigenvalue weighted by Crippen LogP contribution is -2.05. The van der Waals surface area contributed by atoms with Gasteiger partial charge >= 0.3 is 0 Å². The quantitative estimate of drug-likeness (QED) is 0.710. The van der Waals surface area contributed by atoms with Gasteiger partial charge in [0.05, 0.1) is 5.02 Å². The average Bonchev–Trinajstić information content (AvgIpc) is 2.36. The number of carbonyl (C=O) groups excluding carboxylic acids is 1. The van der Waals surface area contributed by atoms with Crippen molar-refractivity contribution in [1.82, 2.24) is 0 Å². The molecule has 0 aromatic heterocycles. The predicted molar refractivity (Wildman–Crippen MR) is 75.9 cm³/mol. The van der Waals surface area contributed by atoms with Crippen molar-refractivity contribution in [2.24, 2.45) is 0 Å². The predicted octanol–water partition coefficient (Wildman–Crippen LogP) is 5.21. The first kappa shape index (κ1) is 14.3. The van der Waals surface area contributed by atoms with E-state index in [2.05, 4.69) is 0 Å². The summed E-state index contributed by atoms with van der Waals surface area (Å²) < 4.78 is 13.3. The molecular formula is C14H8Cl3FO. The normalized spacial score (nSPS) is 10.5. The van der Waals surface area contributed by atoms with Crippen LogP contribution >= 0.6 is 34.8 Å². The molecule has 0 aliphatic rings. The van der Waals surface area contributed by atoms with Crippen molar-refractivity contribution >= 4 is 40.6 Å². The number of hydrogen-bond acceptors (Lipinski definition) is 1. The highest BCUT2D eigenvalue weighted by molar-refractivity contribution is 6.36. The van der Waals surface area contributed by atoms with Crippen LogP contribution in [0.4, 0.5) is 4.39 Å². The second kappa shape index (κ2) is 5.91. The molecule has 98 valence electrons. The molecule has 0 radical (unpaired) electrons. The van der Waals surface area contributed by atoms with E-state index >= 15 is 0 Å². The fourth-order valence-electron chi connectivity index (χ4n) is 1.65. The molecule has 0 aliphatic heterocycles. The zero-order valence-electron chi connectivity index (χ0n) is 9.59. The molecule has 1 nitrogen and oxygen atoms in total. The first-order valence-electron chi connectivity index (χ1n) is 5.40. The lowest BCUT2D eigenvalue weighted by atomic mass is 10.0. The maximum atomic E-state index is 13.3. The highest BCUT2D eigenvalue weighted by Crippen LogP contribution is 2.25. The third-order valence-electron chi connectivity index (χ3n) is 2.62. The summed E-state index contributed by atoms with van der Waals surface area (Å²) in [5.74, 6) is -0.913. The number of ketones is 1. The molecular weight excluding hydrogens is 310 g/mol. The Bertz CT molecular complexity index is 641. The summed E-state index contributed by atoms with van der Waals surface area (Å²) in [5.41, 5.74) is 0.768. The molecule has 0 saturated carbocycles. The highest BCUT2D eigenvalue weighted by atomic mass is 35.5. The molecule has 0 aliphatic carbocycles. The van der Waals surface area contributed by atoms with Gasteiger partial charge in [0.25, 0.3) is 0 Å². The molecule has 0 amide bonds. The minimum absolute atomic E-state index is 0.0408. The van der Waals surface area contributed by atoms with Crippen molar-refractivity contribution in [1.29, 1.82) is 0 Å². The van der Waals surface area contributed by atoms with E-state index in [1.165, 1.54) is 18.2 Å². The van der Waals surface area contributed by atoms with Crippen LogP contribution in [0.5, 0.6) is 0 Å². The zero-order valence-corrected chi connectivity index (χ0v) is 11.9. The summed E-state index contributed by atoms with van der Waals surface area (Å²) >= 11 is 17.5. The van der Waals surface area contributed by atoms with Crippen molar-refractivity contribution in [2.75, 3.05) is 0 Å². The van der Waals surface area contributed by atoms with Gasteiger partial charge in [0, 0.05) is 22.0 Å². The monoisotopic (exact) mass is 316 g/mol. The minimum atomic E-state index is -0.616. The molecule has 2 aromatic carbocycles. The van der Waals surface area contributed by atoms with Gasteiger partial charge in [-0.3, -0.25) is 4.79 Å². The molecule has 0 saturated heterocycles. The van der Waals surface area contributed by atoms with Gasteiger partial charge in [-0.2, -0.15) is 0 Å². The highest BCUT2D eigenvalue weighted by Gasteiger charge is 2.15. The Morgan fingerprint density at radius 3 is 2.53 bits per heavy atom. The summed E-state index contributed by atoms with van der Waals surface area (Å²) in [7, 11) is 0. The van der Waals surface area contributed by atoms with Gasteiger partial charge in [-0.05, 0) is 29.8 Å². The fourth-order valence-corrected chi connectivity index (χ4v) is 2.36. The van der Waals surface area contributed by atoms with Crippen LogP contribution < -0.4 is 0 Å². The van der Waals surface area contributed by atoms with E-state index in [1.54, 1.807) is 18.2 Å². The molecule has 5 heteroatoms. The van der Waals surface area contributed by atoms with E-state index < -0.39 is 5.82 Å². The van der Waals surface area contributed by atoms with Crippen LogP contribution in [0.15, 0.2) is 36.4 Å². The first-order valence-corrected chi connectivity index (χ1v) is 6.53. The fraction of sp³-hybridized carbons (Fsp3) is 0.0714. The van der Waals surface area contributed by atoms with Crippen molar-refractivity contribution in [3.8, 4) is 0 Å². The maximum absolute atomic E-state index is 13.3. The second-order valence-corrected chi connectivity index (χ2v) is 5.16. The Morgan fingerprint density at radius 1 is 1.11 bits per heavy atom. The van der Waals surface area contributed by atoms with Gasteiger partial charge in [-0.1, -0.05) is 46.9 Å². The van der Waals surface area contributed by atoms with Crippen molar-refractivity contribution in [3.63, 3.8) is 0 Å². The zero-order chi connectivity index (χ0) is 14.0. The van der Waals surface area contributed by atoms with E-state index in [9.17, 15) is 9.18 Å². The Morgan fingerprint density at radius 2 is 1.84 bits per heavy atom. The Balaban J connectivity index is 2.28. The van der Waals surface area contributed by atoms with Crippen LogP contribution in [0.2, 0.25) is 15.1 Å². The third-order valence-corrected chi connectivity index (χ3v) is 3.59. The lowest BCUT2D eigenvalue weighted by Gasteiger charge is -2.06. The number of benzene rings is 2.